The fourth-order valence-electron chi connectivity index (χ4n) is 4.99. The predicted octanol–water partition coefficient (Wildman–Crippen LogP) is 2.40. The molecule has 0 spiro atoms. The summed E-state index contributed by atoms with van der Waals surface area (Å²) in [4.78, 5) is 32.4. The first-order chi connectivity index (χ1) is 16.9. The number of rotatable bonds is 5. The molecule has 1 aromatic heterocycles. The minimum absolute atomic E-state index is 0.0181. The Balaban J connectivity index is 1.42. The van der Waals surface area contributed by atoms with Crippen molar-refractivity contribution in [3.63, 3.8) is 0 Å². The van der Waals surface area contributed by atoms with Crippen LogP contribution < -0.4 is 5.56 Å². The fraction of sp³-hybridized carbons (Fsp3) is 0.444. The van der Waals surface area contributed by atoms with E-state index in [1.807, 2.05) is 44.2 Å². The van der Waals surface area contributed by atoms with Crippen molar-refractivity contribution in [1.29, 1.82) is 0 Å². The standard InChI is InChI=1S/C27H31N3O5/c1-16-17(2)25-22(27(33)30(15-28-25)23-8-9-35-14-24(23)31)11-20(16)10-18-4-6-19(7-5-18)26(32)29-12-21(13-29)34-3/h4-7,11,15,21,23-24,31H,8-10,12-14H2,1-3H3/t23-,24-/m0/s1. The number of amides is 1. The second-order valence-corrected chi connectivity index (χ2v) is 9.58. The van der Waals surface area contributed by atoms with Crippen LogP contribution in [0.5, 0.6) is 0 Å². The Morgan fingerprint density at radius 3 is 2.63 bits per heavy atom. The van der Waals surface area contributed by atoms with Crippen LogP contribution in [-0.4, -0.2) is 71.1 Å². The lowest BCUT2D eigenvalue weighted by Gasteiger charge is -2.38. The summed E-state index contributed by atoms with van der Waals surface area (Å²) in [7, 11) is 1.66. The van der Waals surface area contributed by atoms with Gasteiger partial charge in [0.15, 0.2) is 0 Å². The van der Waals surface area contributed by atoms with Gasteiger partial charge in [-0.15, -0.1) is 0 Å². The van der Waals surface area contributed by atoms with Crippen molar-refractivity contribution in [2.75, 3.05) is 33.4 Å². The fourth-order valence-corrected chi connectivity index (χ4v) is 4.99. The van der Waals surface area contributed by atoms with E-state index in [4.69, 9.17) is 9.47 Å². The first-order valence-corrected chi connectivity index (χ1v) is 12.0. The van der Waals surface area contributed by atoms with Crippen LogP contribution in [0, 0.1) is 13.8 Å². The van der Waals surface area contributed by atoms with Crippen molar-refractivity contribution >= 4 is 16.8 Å². The summed E-state index contributed by atoms with van der Waals surface area (Å²) in [6.45, 7) is 6.02. The highest BCUT2D eigenvalue weighted by molar-refractivity contribution is 5.94. The van der Waals surface area contributed by atoms with Gasteiger partial charge in [-0.05, 0) is 67.1 Å². The summed E-state index contributed by atoms with van der Waals surface area (Å²) in [5, 5.41) is 10.9. The number of ether oxygens (including phenoxy) is 2. The molecule has 2 aromatic carbocycles. The number of aliphatic hydroxyl groups excluding tert-OH is 1. The van der Waals surface area contributed by atoms with Gasteiger partial charge >= 0.3 is 0 Å². The van der Waals surface area contributed by atoms with Gasteiger partial charge in [-0.25, -0.2) is 4.98 Å². The Hall–Kier alpha value is -3.07. The molecule has 0 aliphatic carbocycles. The van der Waals surface area contributed by atoms with Crippen LogP contribution in [0.1, 0.15) is 45.1 Å². The van der Waals surface area contributed by atoms with Gasteiger partial charge in [0.2, 0.25) is 0 Å². The molecule has 2 aliphatic rings. The van der Waals surface area contributed by atoms with Crippen LogP contribution in [0.2, 0.25) is 0 Å². The molecule has 2 fully saturated rings. The zero-order valence-corrected chi connectivity index (χ0v) is 20.4. The first-order valence-electron chi connectivity index (χ1n) is 12.0. The van der Waals surface area contributed by atoms with Gasteiger partial charge in [0.05, 0.1) is 42.1 Å². The second kappa shape index (κ2) is 9.53. The number of fused-ring (bicyclic) bond motifs is 1. The Morgan fingerprint density at radius 1 is 1.20 bits per heavy atom. The summed E-state index contributed by atoms with van der Waals surface area (Å²) in [5.41, 5.74) is 5.40. The number of nitrogens with zero attached hydrogens (tertiary/aromatic N) is 3. The summed E-state index contributed by atoms with van der Waals surface area (Å²) in [6.07, 6.45) is 2.16. The van der Waals surface area contributed by atoms with Gasteiger partial charge in [-0.2, -0.15) is 0 Å². The maximum atomic E-state index is 13.4. The van der Waals surface area contributed by atoms with Gasteiger partial charge in [-0.1, -0.05) is 12.1 Å². The predicted molar refractivity (Wildman–Crippen MR) is 132 cm³/mol. The minimum Gasteiger partial charge on any atom is -0.389 e. The number of benzene rings is 2. The van der Waals surface area contributed by atoms with E-state index in [9.17, 15) is 14.7 Å². The number of methoxy groups -OCH3 is 1. The lowest BCUT2D eigenvalue weighted by atomic mass is 9.94. The molecule has 1 amide bonds. The SMILES string of the molecule is COC1CN(C(=O)c2ccc(Cc3cc4c(=O)n([C@H]5CCOC[C@@H]5O)cnc4c(C)c3C)cc2)C1. The third kappa shape index (κ3) is 4.37. The van der Waals surface area contributed by atoms with E-state index in [1.165, 1.54) is 0 Å². The molecule has 8 nitrogen and oxygen atoms in total. The number of likely N-dealkylation sites (tertiary alicyclic amines) is 1. The molecule has 2 saturated heterocycles. The lowest BCUT2D eigenvalue weighted by Crippen LogP contribution is -2.54. The van der Waals surface area contributed by atoms with Gasteiger partial charge < -0.3 is 19.5 Å². The van der Waals surface area contributed by atoms with Crippen molar-refractivity contribution in [3.8, 4) is 0 Å². The second-order valence-electron chi connectivity index (χ2n) is 9.58. The van der Waals surface area contributed by atoms with Crippen molar-refractivity contribution in [2.24, 2.45) is 0 Å². The van der Waals surface area contributed by atoms with E-state index in [0.29, 0.717) is 49.0 Å². The third-order valence-corrected chi connectivity index (χ3v) is 7.46. The van der Waals surface area contributed by atoms with E-state index < -0.39 is 6.10 Å². The van der Waals surface area contributed by atoms with Gasteiger partial charge in [0.25, 0.3) is 11.5 Å². The number of aryl methyl sites for hydroxylation is 1. The molecular weight excluding hydrogens is 446 g/mol. The summed E-state index contributed by atoms with van der Waals surface area (Å²) >= 11 is 0. The average molecular weight is 478 g/mol. The smallest absolute Gasteiger partial charge is 0.261 e. The Bertz CT molecular complexity index is 1310. The normalized spacial score (nSPS) is 20.7. The van der Waals surface area contributed by atoms with Crippen LogP contribution in [-0.2, 0) is 15.9 Å². The average Bonchev–Trinajstić information content (AvgIpc) is 2.83. The van der Waals surface area contributed by atoms with E-state index in [0.717, 1.165) is 22.3 Å². The number of carbonyl (C=O) groups is 1. The van der Waals surface area contributed by atoms with Crippen molar-refractivity contribution in [2.45, 2.75) is 44.9 Å². The molecule has 3 aromatic rings. The number of carbonyl (C=O) groups excluding carboxylic acids is 1. The molecule has 0 unspecified atom stereocenters. The largest absolute Gasteiger partial charge is 0.389 e. The number of aliphatic hydroxyl groups is 1. The quantitative estimate of drug-likeness (QED) is 0.607. The van der Waals surface area contributed by atoms with E-state index in [1.54, 1.807) is 22.9 Å². The monoisotopic (exact) mass is 477 g/mol. The molecule has 184 valence electrons. The maximum absolute atomic E-state index is 13.4. The molecule has 3 heterocycles. The van der Waals surface area contributed by atoms with Gasteiger partial charge in [0.1, 0.15) is 0 Å². The molecule has 2 atom stereocenters. The third-order valence-electron chi connectivity index (χ3n) is 7.46. The Morgan fingerprint density at radius 2 is 1.94 bits per heavy atom. The van der Waals surface area contributed by atoms with Crippen LogP contribution >= 0.6 is 0 Å². The van der Waals surface area contributed by atoms with Crippen molar-refractivity contribution in [3.05, 3.63) is 74.8 Å². The molecule has 0 saturated carbocycles. The van der Waals surface area contributed by atoms with Crippen LogP contribution in [0.4, 0.5) is 0 Å². The molecule has 35 heavy (non-hydrogen) atoms. The highest BCUT2D eigenvalue weighted by Crippen LogP contribution is 2.26. The number of hydrogen-bond acceptors (Lipinski definition) is 6. The number of aromatic nitrogens is 2. The van der Waals surface area contributed by atoms with Crippen LogP contribution in [0.3, 0.4) is 0 Å². The van der Waals surface area contributed by atoms with Crippen LogP contribution in [0.25, 0.3) is 10.9 Å². The molecule has 0 radical (unpaired) electrons. The number of hydrogen-bond donors (Lipinski definition) is 1. The van der Waals surface area contributed by atoms with E-state index in [-0.39, 0.29) is 30.2 Å². The molecule has 1 N–H and O–H groups in total. The molecule has 5 rings (SSSR count). The van der Waals surface area contributed by atoms with Crippen molar-refractivity contribution < 1.29 is 19.4 Å². The highest BCUT2D eigenvalue weighted by Gasteiger charge is 2.31. The molecular formula is C27H31N3O5. The van der Waals surface area contributed by atoms with E-state index >= 15 is 0 Å². The Kier molecular flexibility index (Phi) is 6.44. The molecule has 2 aliphatic heterocycles. The summed E-state index contributed by atoms with van der Waals surface area (Å²) in [6, 6.07) is 9.26. The lowest BCUT2D eigenvalue weighted by molar-refractivity contribution is -0.0395. The van der Waals surface area contributed by atoms with Gasteiger partial charge in [-0.3, -0.25) is 14.2 Å². The van der Waals surface area contributed by atoms with Crippen molar-refractivity contribution in [1.82, 2.24) is 14.5 Å². The first kappa shape index (κ1) is 23.7. The zero-order chi connectivity index (χ0) is 24.7. The Labute approximate surface area is 204 Å². The topological polar surface area (TPSA) is 93.9 Å². The van der Waals surface area contributed by atoms with Gasteiger partial charge in [0, 0.05) is 32.4 Å². The minimum atomic E-state index is -0.732. The maximum Gasteiger partial charge on any atom is 0.261 e. The molecule has 8 heteroatoms. The summed E-state index contributed by atoms with van der Waals surface area (Å²) < 4.78 is 12.1. The van der Waals surface area contributed by atoms with Crippen LogP contribution in [0.15, 0.2) is 41.5 Å². The van der Waals surface area contributed by atoms with E-state index in [2.05, 4.69) is 4.98 Å². The molecule has 0 bridgehead atoms. The highest BCUT2D eigenvalue weighted by atomic mass is 16.5. The summed E-state index contributed by atoms with van der Waals surface area (Å²) in [5.74, 6) is 0.0181. The zero-order valence-electron chi connectivity index (χ0n) is 20.4.